The molecule has 170 valence electrons. The normalized spacial score (nSPS) is 11.3. The number of hydrogen-bond acceptors (Lipinski definition) is 4. The van der Waals surface area contributed by atoms with Crippen molar-refractivity contribution >= 4 is 28.4 Å². The molecule has 32 heavy (non-hydrogen) atoms. The molecule has 0 atom stereocenters. The summed E-state index contributed by atoms with van der Waals surface area (Å²) in [5, 5.41) is 4.01. The van der Waals surface area contributed by atoms with E-state index in [-0.39, 0.29) is 11.8 Å². The van der Waals surface area contributed by atoms with Crippen molar-refractivity contribution in [1.82, 2.24) is 9.47 Å². The van der Waals surface area contributed by atoms with Gasteiger partial charge in [-0.1, -0.05) is 6.07 Å². The predicted molar refractivity (Wildman–Crippen MR) is 126 cm³/mol. The quantitative estimate of drug-likeness (QED) is 0.578. The van der Waals surface area contributed by atoms with Crippen molar-refractivity contribution in [3.05, 3.63) is 54.2 Å². The first-order valence-electron chi connectivity index (χ1n) is 10.5. The Bertz CT molecular complexity index is 1130. The maximum absolute atomic E-state index is 13.2. The SMILES string of the molecule is COc1ccc(CCN(C(C)=O)C(C)(C)C(=O)Nc2ccc3c(ccn3C)c2)cc1OC. The lowest BCUT2D eigenvalue weighted by Crippen LogP contribution is -2.55. The monoisotopic (exact) mass is 437 g/mol. The Balaban J connectivity index is 1.74. The molecule has 3 rings (SSSR count). The largest absolute Gasteiger partial charge is 0.493 e. The van der Waals surface area contributed by atoms with Crippen LogP contribution in [0, 0.1) is 0 Å². The van der Waals surface area contributed by atoms with E-state index in [1.54, 1.807) is 33.0 Å². The van der Waals surface area contributed by atoms with E-state index in [4.69, 9.17) is 9.47 Å². The number of ether oxygens (including phenoxy) is 2. The standard InChI is InChI=1S/C25H31N3O4/c1-17(29)28(14-11-18-7-10-22(31-5)23(15-18)32-6)25(2,3)24(30)26-20-8-9-21-19(16-20)12-13-27(21)4/h7-10,12-13,15-16H,11,14H2,1-6H3,(H,26,30). The number of anilines is 1. The van der Waals surface area contributed by atoms with Crippen LogP contribution in [0.2, 0.25) is 0 Å². The number of fused-ring (bicyclic) bond motifs is 1. The third-order valence-corrected chi connectivity index (χ3v) is 5.83. The number of aryl methyl sites for hydroxylation is 1. The minimum atomic E-state index is -1.03. The van der Waals surface area contributed by atoms with E-state index >= 15 is 0 Å². The summed E-state index contributed by atoms with van der Waals surface area (Å²) in [6.45, 7) is 5.40. The summed E-state index contributed by atoms with van der Waals surface area (Å²) < 4.78 is 12.7. The molecule has 0 saturated carbocycles. The highest BCUT2D eigenvalue weighted by Gasteiger charge is 2.36. The van der Waals surface area contributed by atoms with Crippen LogP contribution in [-0.4, -0.2) is 47.6 Å². The van der Waals surface area contributed by atoms with Gasteiger partial charge < -0.3 is 24.3 Å². The summed E-state index contributed by atoms with van der Waals surface area (Å²) in [5.74, 6) is 0.877. The highest BCUT2D eigenvalue weighted by Crippen LogP contribution is 2.28. The smallest absolute Gasteiger partial charge is 0.249 e. The van der Waals surface area contributed by atoms with Crippen LogP contribution in [0.3, 0.4) is 0 Å². The molecule has 7 heteroatoms. The van der Waals surface area contributed by atoms with Crippen molar-refractivity contribution in [2.75, 3.05) is 26.1 Å². The fraction of sp³-hybridized carbons (Fsp3) is 0.360. The van der Waals surface area contributed by atoms with Gasteiger partial charge in [0.2, 0.25) is 11.8 Å². The molecule has 3 aromatic rings. The molecule has 2 amide bonds. The van der Waals surface area contributed by atoms with Crippen molar-refractivity contribution in [2.24, 2.45) is 7.05 Å². The third kappa shape index (κ3) is 4.72. The summed E-state index contributed by atoms with van der Waals surface area (Å²) in [6, 6.07) is 13.4. The fourth-order valence-electron chi connectivity index (χ4n) is 3.87. The van der Waals surface area contributed by atoms with Crippen molar-refractivity contribution in [1.29, 1.82) is 0 Å². The summed E-state index contributed by atoms with van der Waals surface area (Å²) in [6.07, 6.45) is 2.55. The van der Waals surface area contributed by atoms with Gasteiger partial charge in [0.15, 0.2) is 11.5 Å². The lowest BCUT2D eigenvalue weighted by molar-refractivity contribution is -0.141. The van der Waals surface area contributed by atoms with E-state index in [2.05, 4.69) is 5.32 Å². The first-order chi connectivity index (χ1) is 15.2. The molecule has 0 spiro atoms. The third-order valence-electron chi connectivity index (χ3n) is 5.83. The van der Waals surface area contributed by atoms with Crippen LogP contribution in [0.4, 0.5) is 5.69 Å². The highest BCUT2D eigenvalue weighted by atomic mass is 16.5. The van der Waals surface area contributed by atoms with Gasteiger partial charge in [0.05, 0.1) is 14.2 Å². The lowest BCUT2D eigenvalue weighted by atomic mass is 9.99. The van der Waals surface area contributed by atoms with Gasteiger partial charge >= 0.3 is 0 Å². The second kappa shape index (κ2) is 9.34. The number of hydrogen-bond donors (Lipinski definition) is 1. The number of nitrogens with one attached hydrogen (secondary N) is 1. The fourth-order valence-corrected chi connectivity index (χ4v) is 3.87. The zero-order valence-corrected chi connectivity index (χ0v) is 19.6. The van der Waals surface area contributed by atoms with Gasteiger partial charge in [0, 0.05) is 43.3 Å². The molecule has 0 aliphatic rings. The Kier molecular flexibility index (Phi) is 6.77. The van der Waals surface area contributed by atoms with Gasteiger partial charge in [0.25, 0.3) is 0 Å². The Hall–Kier alpha value is -3.48. The van der Waals surface area contributed by atoms with Crippen molar-refractivity contribution in [3.63, 3.8) is 0 Å². The summed E-state index contributed by atoms with van der Waals surface area (Å²) in [5.41, 5.74) is 1.74. The molecule has 2 aromatic carbocycles. The number of methoxy groups -OCH3 is 2. The number of nitrogens with zero attached hydrogens (tertiary/aromatic N) is 2. The van der Waals surface area contributed by atoms with Crippen LogP contribution in [0.15, 0.2) is 48.7 Å². The lowest BCUT2D eigenvalue weighted by Gasteiger charge is -2.36. The Morgan fingerprint density at radius 3 is 2.41 bits per heavy atom. The molecule has 0 fully saturated rings. The van der Waals surface area contributed by atoms with Crippen LogP contribution in [0.5, 0.6) is 11.5 Å². The predicted octanol–water partition coefficient (Wildman–Crippen LogP) is 4.00. The zero-order chi connectivity index (χ0) is 23.5. The van der Waals surface area contributed by atoms with E-state index in [1.807, 2.05) is 60.3 Å². The Morgan fingerprint density at radius 2 is 1.75 bits per heavy atom. The minimum Gasteiger partial charge on any atom is -0.493 e. The topological polar surface area (TPSA) is 72.8 Å². The molecule has 0 bridgehead atoms. The van der Waals surface area contributed by atoms with E-state index in [1.165, 1.54) is 6.92 Å². The first kappa shape index (κ1) is 23.2. The molecule has 0 aliphatic heterocycles. The van der Waals surface area contributed by atoms with E-state index < -0.39 is 5.54 Å². The van der Waals surface area contributed by atoms with E-state index in [0.717, 1.165) is 16.5 Å². The summed E-state index contributed by atoms with van der Waals surface area (Å²) in [7, 11) is 5.16. The second-order valence-electron chi connectivity index (χ2n) is 8.32. The molecular weight excluding hydrogens is 406 g/mol. The average Bonchev–Trinajstić information content (AvgIpc) is 3.13. The Labute approximate surface area is 188 Å². The van der Waals surface area contributed by atoms with Gasteiger partial charge in [-0.3, -0.25) is 9.59 Å². The molecule has 1 N–H and O–H groups in total. The summed E-state index contributed by atoms with van der Waals surface area (Å²) >= 11 is 0. The number of carbonyl (C=O) groups is 2. The van der Waals surface area contributed by atoms with Gasteiger partial charge in [-0.15, -0.1) is 0 Å². The molecule has 0 unspecified atom stereocenters. The van der Waals surface area contributed by atoms with Crippen molar-refractivity contribution in [2.45, 2.75) is 32.7 Å². The van der Waals surface area contributed by atoms with Crippen LogP contribution in [0.25, 0.3) is 10.9 Å². The van der Waals surface area contributed by atoms with Crippen molar-refractivity contribution < 1.29 is 19.1 Å². The highest BCUT2D eigenvalue weighted by molar-refractivity contribution is 6.01. The van der Waals surface area contributed by atoms with Crippen LogP contribution < -0.4 is 14.8 Å². The first-order valence-corrected chi connectivity index (χ1v) is 10.5. The molecule has 0 saturated heterocycles. The molecular formula is C25H31N3O4. The minimum absolute atomic E-state index is 0.163. The number of amides is 2. The molecule has 0 radical (unpaired) electrons. The molecule has 7 nitrogen and oxygen atoms in total. The van der Waals surface area contributed by atoms with Gasteiger partial charge in [0.1, 0.15) is 5.54 Å². The van der Waals surface area contributed by atoms with Crippen LogP contribution in [0.1, 0.15) is 26.3 Å². The molecule has 1 aromatic heterocycles. The maximum Gasteiger partial charge on any atom is 0.249 e. The van der Waals surface area contributed by atoms with Gasteiger partial charge in [-0.2, -0.15) is 0 Å². The average molecular weight is 438 g/mol. The summed E-state index contributed by atoms with van der Waals surface area (Å²) in [4.78, 5) is 27.2. The van der Waals surface area contributed by atoms with Gasteiger partial charge in [-0.05, 0) is 62.2 Å². The van der Waals surface area contributed by atoms with E-state index in [9.17, 15) is 9.59 Å². The molecule has 0 aliphatic carbocycles. The maximum atomic E-state index is 13.2. The number of benzene rings is 2. The zero-order valence-electron chi connectivity index (χ0n) is 19.6. The Morgan fingerprint density at radius 1 is 1.03 bits per heavy atom. The van der Waals surface area contributed by atoms with Gasteiger partial charge in [-0.25, -0.2) is 0 Å². The number of carbonyl (C=O) groups excluding carboxylic acids is 2. The van der Waals surface area contributed by atoms with Crippen LogP contribution >= 0.6 is 0 Å². The van der Waals surface area contributed by atoms with E-state index in [0.29, 0.717) is 30.2 Å². The van der Waals surface area contributed by atoms with Crippen molar-refractivity contribution in [3.8, 4) is 11.5 Å². The van der Waals surface area contributed by atoms with Crippen LogP contribution in [-0.2, 0) is 23.1 Å². The molecule has 1 heterocycles. The number of rotatable bonds is 8. The second-order valence-corrected chi connectivity index (χ2v) is 8.32. The number of aromatic nitrogens is 1.